The molecule has 1 fully saturated rings. The second-order valence-electron chi connectivity index (χ2n) is 3.74. The number of rotatable bonds is 2. The molecule has 1 aromatic carbocycles. The van der Waals surface area contributed by atoms with E-state index in [9.17, 15) is 4.79 Å². The minimum absolute atomic E-state index is 0.00341. The number of hydrogen-bond acceptors (Lipinski definition) is 2. The highest BCUT2D eigenvalue weighted by Crippen LogP contribution is 2.18. The van der Waals surface area contributed by atoms with E-state index in [1.165, 1.54) is 3.57 Å². The van der Waals surface area contributed by atoms with Crippen LogP contribution in [0.3, 0.4) is 0 Å². The summed E-state index contributed by atoms with van der Waals surface area (Å²) in [5, 5.41) is 6.02. The fourth-order valence-electron chi connectivity index (χ4n) is 1.50. The number of aryl methyl sites for hydroxylation is 1. The van der Waals surface area contributed by atoms with Crippen molar-refractivity contribution in [3.8, 4) is 0 Å². The lowest BCUT2D eigenvalue weighted by Crippen LogP contribution is -2.50. The molecular formula is C11H13IN2O. The third kappa shape index (κ3) is 2.49. The molecule has 1 amide bonds. The highest BCUT2D eigenvalue weighted by molar-refractivity contribution is 14.1. The second-order valence-corrected chi connectivity index (χ2v) is 4.99. The number of anilines is 1. The van der Waals surface area contributed by atoms with E-state index in [0.29, 0.717) is 0 Å². The maximum absolute atomic E-state index is 11.7. The van der Waals surface area contributed by atoms with Gasteiger partial charge in [0.15, 0.2) is 0 Å². The van der Waals surface area contributed by atoms with Crippen LogP contribution >= 0.6 is 22.6 Å². The van der Waals surface area contributed by atoms with Crippen LogP contribution in [0.4, 0.5) is 5.69 Å². The Hall–Kier alpha value is -0.620. The van der Waals surface area contributed by atoms with Gasteiger partial charge in [0.25, 0.3) is 0 Å². The Bertz CT molecular complexity index is 388. The number of halogens is 1. The number of amides is 1. The number of nitrogens with one attached hydrogen (secondary N) is 2. The molecular weight excluding hydrogens is 303 g/mol. The summed E-state index contributed by atoms with van der Waals surface area (Å²) in [6.45, 7) is 2.95. The SMILES string of the molecule is Cc1cc(I)ccc1NC(=O)[C@H]1CCN1. The zero-order valence-electron chi connectivity index (χ0n) is 8.51. The predicted molar refractivity (Wildman–Crippen MR) is 68.9 cm³/mol. The van der Waals surface area contributed by atoms with Crippen molar-refractivity contribution < 1.29 is 4.79 Å². The third-order valence-corrected chi connectivity index (χ3v) is 3.26. The molecule has 0 unspecified atom stereocenters. The van der Waals surface area contributed by atoms with Gasteiger partial charge in [0.2, 0.25) is 5.91 Å². The number of hydrogen-bond donors (Lipinski definition) is 2. The smallest absolute Gasteiger partial charge is 0.241 e. The predicted octanol–water partition coefficient (Wildman–Crippen LogP) is 1.90. The maximum atomic E-state index is 11.7. The minimum Gasteiger partial charge on any atom is -0.324 e. The summed E-state index contributed by atoms with van der Waals surface area (Å²) < 4.78 is 1.19. The Balaban J connectivity index is 2.06. The molecule has 3 nitrogen and oxygen atoms in total. The van der Waals surface area contributed by atoms with Crippen LogP contribution in [0.5, 0.6) is 0 Å². The van der Waals surface area contributed by atoms with Crippen LogP contribution in [0.1, 0.15) is 12.0 Å². The van der Waals surface area contributed by atoms with Gasteiger partial charge in [0.1, 0.15) is 0 Å². The summed E-state index contributed by atoms with van der Waals surface area (Å²) >= 11 is 2.26. The Morgan fingerprint density at radius 3 is 2.87 bits per heavy atom. The van der Waals surface area contributed by atoms with Crippen LogP contribution in [0.25, 0.3) is 0 Å². The van der Waals surface area contributed by atoms with Gasteiger partial charge in [0.05, 0.1) is 6.04 Å². The first-order valence-corrected chi connectivity index (χ1v) is 6.05. The van der Waals surface area contributed by atoms with Gasteiger partial charge >= 0.3 is 0 Å². The van der Waals surface area contributed by atoms with Gasteiger partial charge in [-0.3, -0.25) is 4.79 Å². The molecule has 1 heterocycles. The largest absolute Gasteiger partial charge is 0.324 e. The van der Waals surface area contributed by atoms with Crippen LogP contribution in [-0.4, -0.2) is 18.5 Å². The standard InChI is InChI=1S/C11H13IN2O/c1-7-6-8(12)2-3-9(7)14-11(15)10-4-5-13-10/h2-3,6,10,13H,4-5H2,1H3,(H,14,15)/t10-/m1/s1. The number of carbonyl (C=O) groups excluding carboxylic acids is 1. The first-order valence-electron chi connectivity index (χ1n) is 4.97. The van der Waals surface area contributed by atoms with E-state index in [-0.39, 0.29) is 11.9 Å². The van der Waals surface area contributed by atoms with Gasteiger partial charge in [-0.25, -0.2) is 0 Å². The van der Waals surface area contributed by atoms with Crippen molar-refractivity contribution >= 4 is 34.2 Å². The topological polar surface area (TPSA) is 41.1 Å². The van der Waals surface area contributed by atoms with Gasteiger partial charge in [-0.2, -0.15) is 0 Å². The quantitative estimate of drug-likeness (QED) is 0.818. The van der Waals surface area contributed by atoms with E-state index in [0.717, 1.165) is 24.2 Å². The normalized spacial score (nSPS) is 19.5. The zero-order chi connectivity index (χ0) is 10.8. The minimum atomic E-state index is 0.00341. The Kier molecular flexibility index (Phi) is 3.25. The van der Waals surface area contributed by atoms with Crippen LogP contribution in [-0.2, 0) is 4.79 Å². The lowest BCUT2D eigenvalue weighted by Gasteiger charge is -2.26. The van der Waals surface area contributed by atoms with E-state index >= 15 is 0 Å². The molecule has 0 saturated carbocycles. The Morgan fingerprint density at radius 2 is 2.33 bits per heavy atom. The fourth-order valence-corrected chi connectivity index (χ4v) is 2.15. The molecule has 0 aromatic heterocycles. The van der Waals surface area contributed by atoms with Gasteiger partial charge in [-0.1, -0.05) is 0 Å². The van der Waals surface area contributed by atoms with Gasteiger partial charge in [-0.15, -0.1) is 0 Å². The van der Waals surface area contributed by atoms with Crippen LogP contribution in [0.15, 0.2) is 18.2 Å². The average molecular weight is 316 g/mol. The molecule has 0 aliphatic carbocycles. The van der Waals surface area contributed by atoms with E-state index in [4.69, 9.17) is 0 Å². The Morgan fingerprint density at radius 1 is 1.60 bits per heavy atom. The van der Waals surface area contributed by atoms with Crippen LogP contribution < -0.4 is 10.6 Å². The van der Waals surface area contributed by atoms with Crippen molar-refractivity contribution in [2.24, 2.45) is 0 Å². The molecule has 0 radical (unpaired) electrons. The van der Waals surface area contributed by atoms with Crippen molar-refractivity contribution in [3.05, 3.63) is 27.3 Å². The van der Waals surface area contributed by atoms with Gasteiger partial charge in [0, 0.05) is 9.26 Å². The summed E-state index contributed by atoms with van der Waals surface area (Å²) in [7, 11) is 0. The molecule has 15 heavy (non-hydrogen) atoms. The highest BCUT2D eigenvalue weighted by Gasteiger charge is 2.24. The van der Waals surface area contributed by atoms with E-state index in [1.54, 1.807) is 0 Å². The summed E-state index contributed by atoms with van der Waals surface area (Å²) in [5.74, 6) is 0.0746. The van der Waals surface area contributed by atoms with Crippen LogP contribution in [0, 0.1) is 10.5 Å². The molecule has 2 rings (SSSR count). The lowest BCUT2D eigenvalue weighted by molar-refractivity contribution is -0.119. The summed E-state index contributed by atoms with van der Waals surface area (Å²) in [6, 6.07) is 6.01. The van der Waals surface area contributed by atoms with E-state index < -0.39 is 0 Å². The molecule has 1 saturated heterocycles. The molecule has 2 N–H and O–H groups in total. The number of carbonyl (C=O) groups is 1. The molecule has 4 heteroatoms. The van der Waals surface area contributed by atoms with Crippen molar-refractivity contribution in [1.82, 2.24) is 5.32 Å². The molecule has 1 atom stereocenters. The van der Waals surface area contributed by atoms with Crippen molar-refractivity contribution in [3.63, 3.8) is 0 Å². The van der Waals surface area contributed by atoms with Gasteiger partial charge in [-0.05, 0) is 66.2 Å². The zero-order valence-corrected chi connectivity index (χ0v) is 10.7. The summed E-state index contributed by atoms with van der Waals surface area (Å²) in [4.78, 5) is 11.7. The lowest BCUT2D eigenvalue weighted by atomic mass is 10.1. The van der Waals surface area contributed by atoms with Crippen molar-refractivity contribution in [2.45, 2.75) is 19.4 Å². The molecule has 0 bridgehead atoms. The molecule has 1 aliphatic heterocycles. The maximum Gasteiger partial charge on any atom is 0.241 e. The average Bonchev–Trinajstić information content (AvgIpc) is 2.07. The molecule has 1 aliphatic rings. The summed E-state index contributed by atoms with van der Waals surface area (Å²) in [6.07, 6.45) is 0.940. The molecule has 0 spiro atoms. The summed E-state index contributed by atoms with van der Waals surface area (Å²) in [5.41, 5.74) is 2.02. The monoisotopic (exact) mass is 316 g/mol. The van der Waals surface area contributed by atoms with Crippen molar-refractivity contribution in [2.75, 3.05) is 11.9 Å². The van der Waals surface area contributed by atoms with Crippen LogP contribution in [0.2, 0.25) is 0 Å². The van der Waals surface area contributed by atoms with E-state index in [1.807, 2.05) is 19.1 Å². The van der Waals surface area contributed by atoms with Crippen molar-refractivity contribution in [1.29, 1.82) is 0 Å². The highest BCUT2D eigenvalue weighted by atomic mass is 127. The third-order valence-electron chi connectivity index (χ3n) is 2.59. The second kappa shape index (κ2) is 4.49. The fraction of sp³-hybridized carbons (Fsp3) is 0.364. The first-order chi connectivity index (χ1) is 7.16. The Labute approximate surface area is 103 Å². The molecule has 80 valence electrons. The molecule has 1 aromatic rings. The first kappa shape index (κ1) is 10.9. The van der Waals surface area contributed by atoms with E-state index in [2.05, 4.69) is 39.3 Å². The van der Waals surface area contributed by atoms with Gasteiger partial charge < -0.3 is 10.6 Å². The number of benzene rings is 1.